The molecule has 0 aromatic carbocycles. The van der Waals surface area contributed by atoms with Crippen molar-refractivity contribution >= 4 is 11.8 Å². The van der Waals surface area contributed by atoms with Gasteiger partial charge in [0.25, 0.3) is 0 Å². The number of hydrogen-bond acceptors (Lipinski definition) is 13. The van der Waals surface area contributed by atoms with E-state index in [1.54, 1.807) is 13.0 Å². The third-order valence-electron chi connectivity index (χ3n) is 18.4. The molecule has 0 aromatic rings. The van der Waals surface area contributed by atoms with Crippen molar-refractivity contribution in [3.05, 3.63) is 23.8 Å². The Morgan fingerprint density at radius 1 is 0.951 bits per heavy atom. The van der Waals surface area contributed by atoms with Crippen LogP contribution in [0.15, 0.2) is 23.8 Å². The molecule has 0 aromatic heterocycles. The number of ether oxygens (including phenoxy) is 3. The van der Waals surface area contributed by atoms with Crippen molar-refractivity contribution in [3.8, 4) is 0 Å². The number of nitrogens with two attached hydrogens (primary N) is 1. The Balaban J connectivity index is 1.23. The second-order valence-electron chi connectivity index (χ2n) is 21.5. The molecule has 9 N–H and O–H groups in total. The molecule has 61 heavy (non-hydrogen) atoms. The van der Waals surface area contributed by atoms with E-state index in [-0.39, 0.29) is 79.2 Å². The summed E-state index contributed by atoms with van der Waals surface area (Å²) in [5, 5.41) is 57.6. The standard InChI is InChI=1S/C48H76N4O9/c1-5-23(2)47(58)60-37-19-34-42(57)40-36(56)18-31(21-53)59-44(40)41-39-32-12-13-50-45(49)38(32)27(9-8-26-10-11-30(55)17-33(26)35(39)22-54)16-29(48(37,4)61-43(34)41)15-25-14-28-7-6-24(3)52-46(28)51-20-25/h5-7,24-35,37-46,50-55,57H,8-22,49H2,1-4H3. The lowest BCUT2D eigenvalue weighted by molar-refractivity contribution is -0.311. The number of nitrogens with one attached hydrogen (secondary N) is 3. The Labute approximate surface area is 362 Å². The predicted octanol–water partition coefficient (Wildman–Crippen LogP) is 2.79. The van der Waals surface area contributed by atoms with Crippen molar-refractivity contribution < 1.29 is 44.2 Å². The van der Waals surface area contributed by atoms with Gasteiger partial charge in [-0.05, 0) is 158 Å². The van der Waals surface area contributed by atoms with Gasteiger partial charge in [-0.3, -0.25) is 10.1 Å². The number of fused-ring (bicyclic) bond motifs is 6. The van der Waals surface area contributed by atoms with E-state index in [9.17, 15) is 30.0 Å². The number of ketones is 1. The topological polar surface area (TPSA) is 205 Å². The number of hydrogen-bond donors (Lipinski definition) is 8. The van der Waals surface area contributed by atoms with Gasteiger partial charge in [-0.25, -0.2) is 4.79 Å². The number of allylic oxidation sites excluding steroid dienone is 1. The van der Waals surface area contributed by atoms with Crippen LogP contribution in [0.4, 0.5) is 0 Å². The molecule has 3 aliphatic carbocycles. The molecular formula is C48H76N4O9. The average molecular weight is 853 g/mol. The summed E-state index contributed by atoms with van der Waals surface area (Å²) >= 11 is 0. The summed E-state index contributed by atoms with van der Waals surface area (Å²) in [6.07, 6.45) is 10.0. The summed E-state index contributed by atoms with van der Waals surface area (Å²) in [5.74, 6) is -1.60. The summed E-state index contributed by atoms with van der Waals surface area (Å²) in [4.78, 5) is 28.4. The van der Waals surface area contributed by atoms with Crippen LogP contribution in [0.1, 0.15) is 98.3 Å². The van der Waals surface area contributed by atoms with Gasteiger partial charge in [0.1, 0.15) is 17.5 Å². The van der Waals surface area contributed by atoms with Crippen molar-refractivity contribution in [2.45, 2.75) is 159 Å². The highest BCUT2D eigenvalue weighted by Gasteiger charge is 2.67. The maximum atomic E-state index is 14.4. The molecule has 9 aliphatic rings. The molecule has 342 valence electrons. The Bertz CT molecular complexity index is 1660. The minimum Gasteiger partial charge on any atom is -0.456 e. The fraction of sp³-hybridized carbons (Fsp3) is 0.875. The number of esters is 1. The molecule has 0 amide bonds. The zero-order chi connectivity index (χ0) is 42.9. The number of carbonyl (C=O) groups excluding carboxylic acids is 2. The quantitative estimate of drug-likeness (QED) is 0.110. The summed E-state index contributed by atoms with van der Waals surface area (Å²) in [5.41, 5.74) is 6.89. The first kappa shape index (κ1) is 44.4. The molecule has 0 spiro atoms. The zero-order valence-corrected chi connectivity index (χ0v) is 36.9. The SMILES string of the molecule is CC=C(C)C(=O)OC1CC2C(O)C3C(=O)CC(CO)OC3C3C2OC1(C)C(CC1CNC2NC(C)C=CC2C1)CC1CCC2CCC(O)CC2C(CO)C3C2CCNC(N)C12. The summed E-state index contributed by atoms with van der Waals surface area (Å²) in [6.45, 7) is 9.11. The Morgan fingerprint density at radius 2 is 1.74 bits per heavy atom. The van der Waals surface area contributed by atoms with E-state index in [0.29, 0.717) is 42.2 Å². The van der Waals surface area contributed by atoms with Crippen LogP contribution in [-0.4, -0.2) is 119 Å². The molecule has 13 heteroatoms. The first-order valence-corrected chi connectivity index (χ1v) is 24.3. The van der Waals surface area contributed by atoms with Crippen LogP contribution < -0.4 is 21.7 Å². The van der Waals surface area contributed by atoms with Crippen molar-refractivity contribution in [1.29, 1.82) is 0 Å². The molecule has 9 rings (SSSR count). The van der Waals surface area contributed by atoms with Crippen LogP contribution in [0.2, 0.25) is 0 Å². The molecule has 3 saturated carbocycles. The fourth-order valence-corrected chi connectivity index (χ4v) is 15.4. The van der Waals surface area contributed by atoms with Gasteiger partial charge >= 0.3 is 5.97 Å². The van der Waals surface area contributed by atoms with E-state index in [0.717, 1.165) is 64.5 Å². The monoisotopic (exact) mass is 853 g/mol. The van der Waals surface area contributed by atoms with Crippen LogP contribution in [0, 0.1) is 76.9 Å². The molecule has 13 nitrogen and oxygen atoms in total. The number of aliphatic hydroxyl groups is 4. The summed E-state index contributed by atoms with van der Waals surface area (Å²) < 4.78 is 21.4. The first-order chi connectivity index (χ1) is 29.3. The Kier molecular flexibility index (Phi) is 13.0. The fourth-order valence-electron chi connectivity index (χ4n) is 15.4. The van der Waals surface area contributed by atoms with Crippen LogP contribution in [-0.2, 0) is 23.8 Å². The average Bonchev–Trinajstić information content (AvgIpc) is 3.29. The van der Waals surface area contributed by atoms with E-state index in [4.69, 9.17) is 19.9 Å². The van der Waals surface area contributed by atoms with Crippen LogP contribution >= 0.6 is 0 Å². The van der Waals surface area contributed by atoms with Crippen LogP contribution in [0.5, 0.6) is 0 Å². The van der Waals surface area contributed by atoms with Gasteiger partial charge in [0.2, 0.25) is 0 Å². The van der Waals surface area contributed by atoms with Gasteiger partial charge in [0, 0.05) is 42.4 Å². The molecule has 4 bridgehead atoms. The van der Waals surface area contributed by atoms with Gasteiger partial charge in [-0.1, -0.05) is 18.2 Å². The maximum absolute atomic E-state index is 14.4. The zero-order valence-electron chi connectivity index (χ0n) is 36.9. The minimum atomic E-state index is -1.12. The Morgan fingerprint density at radius 3 is 2.51 bits per heavy atom. The smallest absolute Gasteiger partial charge is 0.333 e. The highest BCUT2D eigenvalue weighted by atomic mass is 16.6. The normalized spacial score (nSPS) is 52.3. The van der Waals surface area contributed by atoms with Crippen molar-refractivity contribution in [2.75, 3.05) is 26.3 Å². The van der Waals surface area contributed by atoms with Crippen molar-refractivity contribution in [3.63, 3.8) is 0 Å². The van der Waals surface area contributed by atoms with E-state index >= 15 is 0 Å². The predicted molar refractivity (Wildman–Crippen MR) is 228 cm³/mol. The van der Waals surface area contributed by atoms with Gasteiger partial charge in [-0.2, -0.15) is 0 Å². The maximum Gasteiger partial charge on any atom is 0.333 e. The number of aliphatic hydroxyl groups excluding tert-OH is 4. The van der Waals surface area contributed by atoms with Crippen molar-refractivity contribution in [1.82, 2.24) is 16.0 Å². The van der Waals surface area contributed by atoms with Crippen LogP contribution in [0.25, 0.3) is 0 Å². The highest BCUT2D eigenvalue weighted by molar-refractivity contribution is 5.87. The van der Waals surface area contributed by atoms with E-state index in [2.05, 4.69) is 41.9 Å². The number of carbonyl (C=O) groups is 2. The minimum absolute atomic E-state index is 0.00713. The van der Waals surface area contributed by atoms with Gasteiger partial charge in [0.15, 0.2) is 0 Å². The second-order valence-corrected chi connectivity index (χ2v) is 21.5. The molecule has 6 aliphatic heterocycles. The molecule has 8 fully saturated rings. The molecule has 6 heterocycles. The lowest BCUT2D eigenvalue weighted by atomic mass is 9.50. The third kappa shape index (κ3) is 8.05. The molecule has 0 radical (unpaired) electrons. The second kappa shape index (κ2) is 17.9. The molecule has 23 unspecified atom stereocenters. The lowest BCUT2D eigenvalue weighted by Crippen LogP contribution is -2.72. The van der Waals surface area contributed by atoms with Crippen LogP contribution in [0.3, 0.4) is 0 Å². The van der Waals surface area contributed by atoms with Gasteiger partial charge in [0.05, 0.1) is 55.4 Å². The number of piperidine rings is 2. The highest BCUT2D eigenvalue weighted by Crippen LogP contribution is 2.61. The van der Waals surface area contributed by atoms with E-state index in [1.165, 1.54) is 0 Å². The third-order valence-corrected chi connectivity index (χ3v) is 18.4. The van der Waals surface area contributed by atoms with E-state index in [1.807, 2.05) is 6.92 Å². The molecule has 5 saturated heterocycles. The largest absolute Gasteiger partial charge is 0.456 e. The summed E-state index contributed by atoms with van der Waals surface area (Å²) in [7, 11) is 0. The number of rotatable bonds is 6. The van der Waals surface area contributed by atoms with Gasteiger partial charge in [-0.15, -0.1) is 0 Å². The summed E-state index contributed by atoms with van der Waals surface area (Å²) in [6, 6.07) is 0.308. The number of Topliss-reactive ketones (excluding diaryl/α,β-unsaturated/α-hetero) is 1. The van der Waals surface area contributed by atoms with Crippen molar-refractivity contribution in [2.24, 2.45) is 82.7 Å². The molecular weight excluding hydrogens is 777 g/mol. The van der Waals surface area contributed by atoms with E-state index < -0.39 is 65.9 Å². The molecule has 23 atom stereocenters. The lowest BCUT2D eigenvalue weighted by Gasteiger charge is -2.63. The first-order valence-electron chi connectivity index (χ1n) is 24.3. The van der Waals surface area contributed by atoms with Gasteiger partial charge < -0.3 is 51.0 Å². The Hall–Kier alpha value is -1.78.